The molecule has 1 amide bonds. The molecule has 1 fully saturated rings. The monoisotopic (exact) mass is 561 g/mol. The summed E-state index contributed by atoms with van der Waals surface area (Å²) in [4.78, 5) is 20.9. The fourth-order valence-electron chi connectivity index (χ4n) is 4.81. The Hall–Kier alpha value is -4.43. The average Bonchev–Trinajstić information content (AvgIpc) is 3.44. The normalized spacial score (nSPS) is 15.0. The van der Waals surface area contributed by atoms with Crippen LogP contribution in [0.5, 0.6) is 23.0 Å². The van der Waals surface area contributed by atoms with Crippen molar-refractivity contribution in [2.24, 2.45) is 0 Å². The molecule has 1 aromatic heterocycles. The van der Waals surface area contributed by atoms with Crippen molar-refractivity contribution < 1.29 is 28.5 Å². The zero-order chi connectivity index (χ0) is 29.0. The third-order valence-corrected chi connectivity index (χ3v) is 6.83. The Kier molecular flexibility index (Phi) is 8.21. The highest BCUT2D eigenvalue weighted by molar-refractivity contribution is 5.98. The number of rotatable bonds is 8. The molecule has 0 bridgehead atoms. The van der Waals surface area contributed by atoms with Gasteiger partial charge in [-0.2, -0.15) is 5.26 Å². The third-order valence-electron chi connectivity index (χ3n) is 6.83. The first-order chi connectivity index (χ1) is 19.8. The van der Waals surface area contributed by atoms with Gasteiger partial charge in [0.15, 0.2) is 23.0 Å². The summed E-state index contributed by atoms with van der Waals surface area (Å²) in [6.45, 7) is 9.99. The molecule has 2 aliphatic heterocycles. The number of carbonyl (C=O) groups excluding carboxylic acids is 1. The van der Waals surface area contributed by atoms with Crippen LogP contribution in [0.3, 0.4) is 0 Å². The third kappa shape index (κ3) is 6.49. The summed E-state index contributed by atoms with van der Waals surface area (Å²) in [5.41, 5.74) is 1.83. The number of methoxy groups -OCH3 is 1. The number of nitrogens with zero attached hydrogens (tertiary/aromatic N) is 4. The van der Waals surface area contributed by atoms with Crippen LogP contribution in [-0.4, -0.2) is 79.7 Å². The van der Waals surface area contributed by atoms with Crippen molar-refractivity contribution >= 4 is 28.4 Å². The van der Waals surface area contributed by atoms with Gasteiger partial charge in [-0.1, -0.05) is 6.07 Å². The minimum Gasteiger partial charge on any atom is -0.493 e. The molecule has 3 aromatic rings. The molecule has 1 N–H and O–H groups in total. The summed E-state index contributed by atoms with van der Waals surface area (Å²) in [7, 11) is 1.59. The van der Waals surface area contributed by atoms with E-state index in [4.69, 9.17) is 23.7 Å². The molecule has 41 heavy (non-hydrogen) atoms. The number of amides is 1. The van der Waals surface area contributed by atoms with E-state index in [1.54, 1.807) is 18.2 Å². The summed E-state index contributed by atoms with van der Waals surface area (Å²) in [6, 6.07) is 11.4. The van der Waals surface area contributed by atoms with Crippen molar-refractivity contribution in [2.75, 3.05) is 58.6 Å². The van der Waals surface area contributed by atoms with Crippen molar-refractivity contribution in [1.82, 2.24) is 14.8 Å². The second-order valence-corrected chi connectivity index (χ2v) is 10.9. The van der Waals surface area contributed by atoms with Crippen molar-refractivity contribution in [3.63, 3.8) is 0 Å². The Balaban J connectivity index is 1.23. The van der Waals surface area contributed by atoms with Gasteiger partial charge in [0.05, 0.1) is 36.2 Å². The number of piperazine rings is 1. The van der Waals surface area contributed by atoms with Crippen molar-refractivity contribution in [2.45, 2.75) is 32.8 Å². The van der Waals surface area contributed by atoms with Gasteiger partial charge in [-0.25, -0.2) is 4.79 Å². The first-order valence-electron chi connectivity index (χ1n) is 13.7. The van der Waals surface area contributed by atoms with Crippen LogP contribution in [0, 0.1) is 11.3 Å². The first kappa shape index (κ1) is 28.1. The lowest BCUT2D eigenvalue weighted by Gasteiger charge is -2.35. The zero-order valence-corrected chi connectivity index (χ0v) is 23.9. The van der Waals surface area contributed by atoms with Gasteiger partial charge in [-0.05, 0) is 45.4 Å². The molecule has 0 aliphatic carbocycles. The summed E-state index contributed by atoms with van der Waals surface area (Å²) in [5, 5.41) is 13.9. The van der Waals surface area contributed by atoms with Gasteiger partial charge in [0.25, 0.3) is 0 Å². The van der Waals surface area contributed by atoms with E-state index in [0.717, 1.165) is 26.1 Å². The quantitative estimate of drug-likeness (QED) is 0.380. The molecule has 5 rings (SSSR count). The highest BCUT2D eigenvalue weighted by Gasteiger charge is 2.26. The largest absolute Gasteiger partial charge is 0.493 e. The van der Waals surface area contributed by atoms with Crippen LogP contribution in [0.4, 0.5) is 16.2 Å². The molecular formula is C30H35N5O6. The predicted octanol–water partition coefficient (Wildman–Crippen LogP) is 4.91. The van der Waals surface area contributed by atoms with E-state index in [1.165, 1.54) is 0 Å². The molecule has 0 spiro atoms. The number of fused-ring (bicyclic) bond motifs is 2. The minimum absolute atomic E-state index is 0.146. The maximum atomic E-state index is 12.3. The van der Waals surface area contributed by atoms with Gasteiger partial charge in [-0.15, -0.1) is 0 Å². The Morgan fingerprint density at radius 1 is 1.15 bits per heavy atom. The molecule has 11 heteroatoms. The number of nitriles is 1. The Labute approximate surface area is 239 Å². The molecule has 0 atom stereocenters. The van der Waals surface area contributed by atoms with Gasteiger partial charge in [0.2, 0.25) is 6.79 Å². The van der Waals surface area contributed by atoms with Gasteiger partial charge in [0.1, 0.15) is 11.7 Å². The molecule has 3 heterocycles. The van der Waals surface area contributed by atoms with Crippen LogP contribution >= 0.6 is 0 Å². The Morgan fingerprint density at radius 2 is 1.95 bits per heavy atom. The SMILES string of the molecule is COc1cc2c(Nc3cccc4c3OCO4)c(C#N)cnc2cc1OCCCN1CCN(C(=O)OC(C)(C)C)CC1. The molecule has 0 saturated carbocycles. The van der Waals surface area contributed by atoms with Gasteiger partial charge in [0, 0.05) is 50.4 Å². The summed E-state index contributed by atoms with van der Waals surface area (Å²) < 4.78 is 28.4. The van der Waals surface area contributed by atoms with Crippen LogP contribution in [0.2, 0.25) is 0 Å². The second-order valence-electron chi connectivity index (χ2n) is 10.9. The number of hydrogen-bond acceptors (Lipinski definition) is 10. The van der Waals surface area contributed by atoms with E-state index in [-0.39, 0.29) is 12.9 Å². The van der Waals surface area contributed by atoms with E-state index in [2.05, 4.69) is 21.3 Å². The Morgan fingerprint density at radius 3 is 2.68 bits per heavy atom. The molecule has 2 aromatic carbocycles. The predicted molar refractivity (Wildman–Crippen MR) is 153 cm³/mol. The van der Waals surface area contributed by atoms with Crippen molar-refractivity contribution in [3.05, 3.63) is 42.1 Å². The lowest BCUT2D eigenvalue weighted by molar-refractivity contribution is 0.0142. The highest BCUT2D eigenvalue weighted by Crippen LogP contribution is 2.43. The van der Waals surface area contributed by atoms with Gasteiger partial charge >= 0.3 is 6.09 Å². The maximum Gasteiger partial charge on any atom is 0.410 e. The number of carbonyl (C=O) groups is 1. The average molecular weight is 562 g/mol. The fraction of sp³-hybridized carbons (Fsp3) is 0.433. The van der Waals surface area contributed by atoms with E-state index >= 15 is 0 Å². The molecule has 0 radical (unpaired) electrons. The molecule has 1 saturated heterocycles. The van der Waals surface area contributed by atoms with Crippen LogP contribution in [0.1, 0.15) is 32.8 Å². The number of para-hydroxylation sites is 1. The smallest absolute Gasteiger partial charge is 0.410 e. The number of nitrogens with one attached hydrogen (secondary N) is 1. The van der Waals surface area contributed by atoms with Crippen LogP contribution < -0.4 is 24.3 Å². The number of hydrogen-bond donors (Lipinski definition) is 1. The number of benzene rings is 2. The van der Waals surface area contributed by atoms with E-state index < -0.39 is 5.60 Å². The van der Waals surface area contributed by atoms with E-state index in [0.29, 0.717) is 70.5 Å². The minimum atomic E-state index is -0.493. The number of aromatic nitrogens is 1. The molecule has 0 unspecified atom stereocenters. The number of anilines is 2. The standard InChI is InChI=1S/C30H35N5O6/c1-30(2,3)41-29(36)35-12-10-34(11-13-35)9-6-14-38-26-16-23-21(15-25(26)37-4)27(20(17-31)18-32-23)33-22-7-5-8-24-28(22)40-19-39-24/h5,7-8,15-16,18H,6,9-14,19H2,1-4H3,(H,32,33). The first-order valence-corrected chi connectivity index (χ1v) is 13.7. The second kappa shape index (κ2) is 12.0. The van der Waals surface area contributed by atoms with E-state index in [9.17, 15) is 10.1 Å². The molecule has 11 nitrogen and oxygen atoms in total. The number of pyridine rings is 1. The highest BCUT2D eigenvalue weighted by atomic mass is 16.7. The molecular weight excluding hydrogens is 526 g/mol. The molecule has 2 aliphatic rings. The lowest BCUT2D eigenvalue weighted by atomic mass is 10.1. The summed E-state index contributed by atoms with van der Waals surface area (Å²) in [6.07, 6.45) is 2.09. The van der Waals surface area contributed by atoms with Crippen LogP contribution in [0.25, 0.3) is 10.9 Å². The lowest BCUT2D eigenvalue weighted by Crippen LogP contribution is -2.50. The summed E-state index contributed by atoms with van der Waals surface area (Å²) in [5.74, 6) is 2.36. The maximum absolute atomic E-state index is 12.3. The van der Waals surface area contributed by atoms with Crippen LogP contribution in [-0.2, 0) is 4.74 Å². The number of ether oxygens (including phenoxy) is 5. The van der Waals surface area contributed by atoms with Gasteiger partial charge in [-0.3, -0.25) is 9.88 Å². The topological polar surface area (TPSA) is 118 Å². The Bertz CT molecular complexity index is 1460. The molecule has 216 valence electrons. The fourth-order valence-corrected chi connectivity index (χ4v) is 4.81. The van der Waals surface area contributed by atoms with Gasteiger partial charge < -0.3 is 33.9 Å². The zero-order valence-electron chi connectivity index (χ0n) is 23.9. The van der Waals surface area contributed by atoms with Crippen LogP contribution in [0.15, 0.2) is 36.5 Å². The summed E-state index contributed by atoms with van der Waals surface area (Å²) >= 11 is 0. The van der Waals surface area contributed by atoms with Crippen molar-refractivity contribution in [1.29, 1.82) is 5.26 Å². The van der Waals surface area contributed by atoms with Crippen molar-refractivity contribution in [3.8, 4) is 29.1 Å². The van der Waals surface area contributed by atoms with E-state index in [1.807, 2.05) is 51.1 Å².